The van der Waals surface area contributed by atoms with Crippen molar-refractivity contribution in [3.8, 4) is 0 Å². The summed E-state index contributed by atoms with van der Waals surface area (Å²) in [6.45, 7) is 2.00. The van der Waals surface area contributed by atoms with E-state index in [0.29, 0.717) is 5.96 Å². The van der Waals surface area contributed by atoms with E-state index in [2.05, 4.69) is 10.00 Å². The van der Waals surface area contributed by atoms with Gasteiger partial charge in [-0.25, -0.2) is 4.68 Å². The molecule has 2 rings (SSSR count). The maximum Gasteiger partial charge on any atom is 0.218 e. The zero-order valence-corrected chi connectivity index (χ0v) is 7.61. The summed E-state index contributed by atoms with van der Waals surface area (Å²) in [6.07, 6.45) is 7.21. The lowest BCUT2D eigenvalue weighted by atomic mass is 10.1. The summed E-state index contributed by atoms with van der Waals surface area (Å²) in [5, 5.41) is 11.9. The first-order valence-corrected chi connectivity index (χ1v) is 4.71. The fraction of sp³-hybridized carbons (Fsp3) is 0.556. The minimum Gasteiger partial charge on any atom is -0.341 e. The summed E-state index contributed by atoms with van der Waals surface area (Å²) in [6, 6.07) is 1.85. The van der Waals surface area contributed by atoms with Crippen LogP contribution in [0.2, 0.25) is 0 Å². The molecule has 0 saturated carbocycles. The monoisotopic (exact) mass is 178 g/mol. The summed E-state index contributed by atoms with van der Waals surface area (Å²) < 4.78 is 1.62. The second-order valence-corrected chi connectivity index (χ2v) is 3.32. The van der Waals surface area contributed by atoms with E-state index in [4.69, 9.17) is 5.41 Å². The van der Waals surface area contributed by atoms with E-state index in [1.54, 1.807) is 10.9 Å². The molecule has 1 fully saturated rings. The van der Waals surface area contributed by atoms with Gasteiger partial charge in [0.05, 0.1) is 0 Å². The van der Waals surface area contributed by atoms with Crippen LogP contribution in [-0.2, 0) is 0 Å². The molecule has 0 amide bonds. The topological polar surface area (TPSA) is 44.9 Å². The normalized spacial score (nSPS) is 17.4. The van der Waals surface area contributed by atoms with E-state index in [9.17, 15) is 0 Å². The maximum atomic E-state index is 7.87. The number of rotatable bonds is 0. The van der Waals surface area contributed by atoms with Gasteiger partial charge >= 0.3 is 0 Å². The van der Waals surface area contributed by atoms with Crippen molar-refractivity contribution in [2.24, 2.45) is 0 Å². The summed E-state index contributed by atoms with van der Waals surface area (Å²) in [7, 11) is 0. The highest BCUT2D eigenvalue weighted by molar-refractivity contribution is 5.78. The molecule has 1 aromatic rings. The fourth-order valence-corrected chi connectivity index (χ4v) is 1.64. The summed E-state index contributed by atoms with van der Waals surface area (Å²) in [4.78, 5) is 2.08. The number of nitrogens with one attached hydrogen (secondary N) is 1. The van der Waals surface area contributed by atoms with E-state index in [-0.39, 0.29) is 0 Å². The Bertz CT molecular complexity index is 272. The van der Waals surface area contributed by atoms with E-state index in [0.717, 1.165) is 13.1 Å². The molecule has 1 aliphatic rings. The van der Waals surface area contributed by atoms with Crippen LogP contribution in [0.25, 0.3) is 0 Å². The lowest BCUT2D eigenvalue weighted by Gasteiger charge is -2.28. The third-order valence-corrected chi connectivity index (χ3v) is 2.38. The van der Waals surface area contributed by atoms with E-state index in [1.807, 2.05) is 12.3 Å². The molecule has 0 aliphatic carbocycles. The van der Waals surface area contributed by atoms with Crippen molar-refractivity contribution in [3.63, 3.8) is 0 Å². The molecule has 0 bridgehead atoms. The molecule has 0 radical (unpaired) electrons. The van der Waals surface area contributed by atoms with Crippen molar-refractivity contribution in [1.29, 1.82) is 5.41 Å². The van der Waals surface area contributed by atoms with Crippen molar-refractivity contribution in [3.05, 3.63) is 18.5 Å². The van der Waals surface area contributed by atoms with Gasteiger partial charge in [-0.15, -0.1) is 0 Å². The minimum atomic E-state index is 0.504. The first-order valence-electron chi connectivity index (χ1n) is 4.71. The Morgan fingerprint density at radius 1 is 1.23 bits per heavy atom. The zero-order chi connectivity index (χ0) is 9.10. The van der Waals surface area contributed by atoms with E-state index in [1.165, 1.54) is 19.3 Å². The van der Waals surface area contributed by atoms with Crippen LogP contribution < -0.4 is 0 Å². The largest absolute Gasteiger partial charge is 0.341 e. The summed E-state index contributed by atoms with van der Waals surface area (Å²) in [5.74, 6) is 0.504. The molecule has 13 heavy (non-hydrogen) atoms. The van der Waals surface area contributed by atoms with Gasteiger partial charge in [0.25, 0.3) is 0 Å². The molecule has 0 atom stereocenters. The predicted molar refractivity (Wildman–Crippen MR) is 50.8 cm³/mol. The SMILES string of the molecule is N=C(N1CCCCC1)n1cccn1. The van der Waals surface area contributed by atoms with Crippen LogP contribution in [0.1, 0.15) is 19.3 Å². The van der Waals surface area contributed by atoms with Crippen molar-refractivity contribution in [2.75, 3.05) is 13.1 Å². The van der Waals surface area contributed by atoms with Crippen LogP contribution in [0.5, 0.6) is 0 Å². The molecule has 0 unspecified atom stereocenters. The van der Waals surface area contributed by atoms with Crippen molar-refractivity contribution >= 4 is 5.96 Å². The van der Waals surface area contributed by atoms with Gasteiger partial charge in [-0.2, -0.15) is 5.10 Å². The van der Waals surface area contributed by atoms with Crippen LogP contribution in [0.3, 0.4) is 0 Å². The Kier molecular flexibility index (Phi) is 2.29. The molecule has 0 aromatic carbocycles. The molecule has 0 spiro atoms. The lowest BCUT2D eigenvalue weighted by Crippen LogP contribution is -2.39. The second kappa shape index (κ2) is 3.60. The number of likely N-dealkylation sites (tertiary alicyclic amines) is 1. The molecular weight excluding hydrogens is 164 g/mol. The van der Waals surface area contributed by atoms with Gasteiger partial charge in [-0.1, -0.05) is 0 Å². The smallest absolute Gasteiger partial charge is 0.218 e. The minimum absolute atomic E-state index is 0.504. The summed E-state index contributed by atoms with van der Waals surface area (Å²) >= 11 is 0. The molecule has 4 nitrogen and oxygen atoms in total. The number of hydrogen-bond acceptors (Lipinski definition) is 2. The standard InChI is InChI=1S/C9H14N4/c10-9(13-8-4-5-11-13)12-6-2-1-3-7-12/h4-5,8,10H,1-3,6-7H2. The quantitative estimate of drug-likeness (QED) is 0.478. The van der Waals surface area contributed by atoms with Crippen LogP contribution in [0, 0.1) is 5.41 Å². The van der Waals surface area contributed by atoms with Crippen LogP contribution in [-0.4, -0.2) is 33.7 Å². The van der Waals surface area contributed by atoms with Crippen LogP contribution >= 0.6 is 0 Å². The van der Waals surface area contributed by atoms with Gasteiger partial charge < -0.3 is 4.90 Å². The zero-order valence-electron chi connectivity index (χ0n) is 7.61. The van der Waals surface area contributed by atoms with E-state index < -0.39 is 0 Å². The Balaban J connectivity index is 2.04. The Hall–Kier alpha value is -1.32. The molecule has 1 N–H and O–H groups in total. The average molecular weight is 178 g/mol. The van der Waals surface area contributed by atoms with Gasteiger partial charge in [-0.3, -0.25) is 5.41 Å². The van der Waals surface area contributed by atoms with Crippen LogP contribution in [0.15, 0.2) is 18.5 Å². The van der Waals surface area contributed by atoms with Crippen molar-refractivity contribution < 1.29 is 0 Å². The second-order valence-electron chi connectivity index (χ2n) is 3.32. The van der Waals surface area contributed by atoms with Gasteiger partial charge in [0.15, 0.2) is 0 Å². The predicted octanol–water partition coefficient (Wildman–Crippen LogP) is 1.15. The van der Waals surface area contributed by atoms with Gasteiger partial charge in [0, 0.05) is 25.5 Å². The summed E-state index contributed by atoms with van der Waals surface area (Å²) in [5.41, 5.74) is 0. The fourth-order valence-electron chi connectivity index (χ4n) is 1.64. The first kappa shape index (κ1) is 8.29. The third-order valence-electron chi connectivity index (χ3n) is 2.38. The maximum absolute atomic E-state index is 7.87. The van der Waals surface area contributed by atoms with Crippen molar-refractivity contribution in [1.82, 2.24) is 14.7 Å². The number of aromatic nitrogens is 2. The molecule has 4 heteroatoms. The Labute approximate surface area is 77.7 Å². The Morgan fingerprint density at radius 2 is 2.00 bits per heavy atom. The highest BCUT2D eigenvalue weighted by Crippen LogP contribution is 2.09. The number of hydrogen-bond donors (Lipinski definition) is 1. The van der Waals surface area contributed by atoms with Crippen molar-refractivity contribution in [2.45, 2.75) is 19.3 Å². The Morgan fingerprint density at radius 3 is 2.62 bits per heavy atom. The molecular formula is C9H14N4. The van der Waals surface area contributed by atoms with Gasteiger partial charge in [-0.05, 0) is 25.3 Å². The third kappa shape index (κ3) is 1.71. The number of nitrogens with zero attached hydrogens (tertiary/aromatic N) is 3. The highest BCUT2D eigenvalue weighted by atomic mass is 15.4. The molecule has 1 aromatic heterocycles. The molecule has 70 valence electrons. The average Bonchev–Trinajstić information content (AvgIpc) is 2.71. The van der Waals surface area contributed by atoms with Gasteiger partial charge in [0.1, 0.15) is 0 Å². The van der Waals surface area contributed by atoms with Crippen LogP contribution in [0.4, 0.5) is 0 Å². The first-order chi connectivity index (χ1) is 6.38. The molecule has 2 heterocycles. The van der Waals surface area contributed by atoms with E-state index >= 15 is 0 Å². The molecule has 1 saturated heterocycles. The lowest BCUT2D eigenvalue weighted by molar-refractivity contribution is 0.329. The van der Waals surface area contributed by atoms with Gasteiger partial charge in [0.2, 0.25) is 5.96 Å². The highest BCUT2D eigenvalue weighted by Gasteiger charge is 2.14. The number of piperidine rings is 1. The molecule has 1 aliphatic heterocycles.